The van der Waals surface area contributed by atoms with Crippen molar-refractivity contribution >= 4 is 17.5 Å². The van der Waals surface area contributed by atoms with Gasteiger partial charge in [0.25, 0.3) is 0 Å². The molecule has 1 aliphatic rings. The quantitative estimate of drug-likeness (QED) is 0.897. The number of amides is 1. The average molecular weight is 348 g/mol. The molecular formula is C18H22ClN3O2. The largest absolute Gasteiger partial charge is 0.425 e. The second-order valence-electron chi connectivity index (χ2n) is 6.49. The summed E-state index contributed by atoms with van der Waals surface area (Å²) in [6, 6.07) is 7.97. The van der Waals surface area contributed by atoms with Gasteiger partial charge in [-0.05, 0) is 24.5 Å². The number of nitrogens with zero attached hydrogens (tertiary/aromatic N) is 2. The number of nitrogens with one attached hydrogen (secondary N) is 1. The van der Waals surface area contributed by atoms with Crippen molar-refractivity contribution in [3.8, 4) is 0 Å². The van der Waals surface area contributed by atoms with Crippen molar-refractivity contribution in [1.29, 1.82) is 0 Å². The summed E-state index contributed by atoms with van der Waals surface area (Å²) in [7, 11) is 0. The Hall–Kier alpha value is -1.88. The van der Waals surface area contributed by atoms with E-state index < -0.39 is 0 Å². The van der Waals surface area contributed by atoms with E-state index in [1.807, 2.05) is 18.2 Å². The van der Waals surface area contributed by atoms with Gasteiger partial charge in [0.1, 0.15) is 6.42 Å². The van der Waals surface area contributed by atoms with Crippen molar-refractivity contribution in [2.24, 2.45) is 0 Å². The number of halogens is 1. The van der Waals surface area contributed by atoms with Crippen LogP contribution in [-0.2, 0) is 16.6 Å². The van der Waals surface area contributed by atoms with E-state index in [0.29, 0.717) is 18.3 Å². The van der Waals surface area contributed by atoms with Gasteiger partial charge in [-0.3, -0.25) is 4.79 Å². The van der Waals surface area contributed by atoms with Crippen molar-refractivity contribution < 1.29 is 9.21 Å². The third-order valence-electron chi connectivity index (χ3n) is 4.76. The van der Waals surface area contributed by atoms with E-state index in [0.717, 1.165) is 36.3 Å². The number of rotatable bonds is 5. The fourth-order valence-corrected chi connectivity index (χ4v) is 3.87. The molecule has 1 amide bonds. The molecule has 128 valence electrons. The Balaban J connectivity index is 1.71. The number of carbonyl (C=O) groups is 1. The number of hydrogen-bond donors (Lipinski definition) is 1. The molecule has 3 rings (SSSR count). The molecule has 0 unspecified atom stereocenters. The van der Waals surface area contributed by atoms with E-state index in [9.17, 15) is 4.79 Å². The lowest BCUT2D eigenvalue weighted by molar-refractivity contribution is -0.121. The minimum Gasteiger partial charge on any atom is -0.425 e. The second kappa shape index (κ2) is 7.34. The lowest BCUT2D eigenvalue weighted by atomic mass is 9.69. The Bertz CT molecular complexity index is 708. The maximum atomic E-state index is 12.3. The number of carbonyl (C=O) groups excluding carboxylic acids is 1. The van der Waals surface area contributed by atoms with Crippen molar-refractivity contribution in [2.75, 3.05) is 6.54 Å². The van der Waals surface area contributed by atoms with Gasteiger partial charge in [-0.15, -0.1) is 10.2 Å². The number of aryl methyl sites for hydroxylation is 1. The van der Waals surface area contributed by atoms with Gasteiger partial charge < -0.3 is 9.73 Å². The lowest BCUT2D eigenvalue weighted by Gasteiger charge is -2.38. The van der Waals surface area contributed by atoms with Crippen LogP contribution >= 0.6 is 11.6 Å². The zero-order chi connectivity index (χ0) is 17.0. The Labute approximate surface area is 146 Å². The molecule has 1 aromatic heterocycles. The molecular weight excluding hydrogens is 326 g/mol. The number of aromatic nitrogens is 2. The van der Waals surface area contributed by atoms with Crippen LogP contribution in [0.5, 0.6) is 0 Å². The molecule has 1 N–H and O–H groups in total. The second-order valence-corrected chi connectivity index (χ2v) is 6.90. The molecule has 0 spiro atoms. The highest BCUT2D eigenvalue weighted by molar-refractivity contribution is 6.31. The highest BCUT2D eigenvalue weighted by Gasteiger charge is 2.35. The molecule has 24 heavy (non-hydrogen) atoms. The van der Waals surface area contributed by atoms with Gasteiger partial charge >= 0.3 is 0 Å². The minimum absolute atomic E-state index is 0.0863. The van der Waals surface area contributed by atoms with Gasteiger partial charge in [-0.1, -0.05) is 49.1 Å². The van der Waals surface area contributed by atoms with E-state index in [4.69, 9.17) is 16.0 Å². The highest BCUT2D eigenvalue weighted by Crippen LogP contribution is 2.41. The van der Waals surface area contributed by atoms with Crippen molar-refractivity contribution in [3.05, 3.63) is 46.6 Å². The van der Waals surface area contributed by atoms with Crippen LogP contribution in [0.3, 0.4) is 0 Å². The molecule has 6 heteroatoms. The van der Waals surface area contributed by atoms with Crippen LogP contribution < -0.4 is 5.32 Å². The zero-order valence-electron chi connectivity index (χ0n) is 13.8. The molecule has 0 bridgehead atoms. The molecule has 0 saturated heterocycles. The van der Waals surface area contributed by atoms with Gasteiger partial charge in [-0.25, -0.2) is 0 Å². The summed E-state index contributed by atoms with van der Waals surface area (Å²) in [4.78, 5) is 12.3. The maximum absolute atomic E-state index is 12.3. The first kappa shape index (κ1) is 17.0. The van der Waals surface area contributed by atoms with Crippen LogP contribution in [0.15, 0.2) is 28.7 Å². The van der Waals surface area contributed by atoms with E-state index in [-0.39, 0.29) is 17.7 Å². The first-order valence-corrected chi connectivity index (χ1v) is 8.78. The third kappa shape index (κ3) is 3.78. The maximum Gasteiger partial charge on any atom is 0.229 e. The Kier molecular flexibility index (Phi) is 5.19. The van der Waals surface area contributed by atoms with Crippen LogP contribution in [0, 0.1) is 6.92 Å². The zero-order valence-corrected chi connectivity index (χ0v) is 14.6. The fourth-order valence-electron chi connectivity index (χ4n) is 3.54. The lowest BCUT2D eigenvalue weighted by Crippen LogP contribution is -2.42. The number of benzene rings is 1. The van der Waals surface area contributed by atoms with Crippen LogP contribution in [0.1, 0.15) is 49.4 Å². The van der Waals surface area contributed by atoms with Gasteiger partial charge in [0, 0.05) is 23.9 Å². The topological polar surface area (TPSA) is 68.0 Å². The smallest absolute Gasteiger partial charge is 0.229 e. The summed E-state index contributed by atoms with van der Waals surface area (Å²) in [6.45, 7) is 2.30. The Morgan fingerprint density at radius 2 is 2.00 bits per heavy atom. The Morgan fingerprint density at radius 3 is 2.67 bits per heavy atom. The SMILES string of the molecule is Cc1nnc(CC(=O)NCC2(c3ccccc3Cl)CCCCC2)o1. The molecule has 5 nitrogen and oxygen atoms in total. The van der Waals surface area contributed by atoms with Crippen molar-refractivity contribution in [1.82, 2.24) is 15.5 Å². The molecule has 0 radical (unpaired) electrons. The van der Waals surface area contributed by atoms with Gasteiger partial charge in [0.05, 0.1) is 0 Å². The summed E-state index contributed by atoms with van der Waals surface area (Å²) in [6.07, 6.45) is 5.74. The Morgan fingerprint density at radius 1 is 1.25 bits per heavy atom. The molecule has 1 fully saturated rings. The summed E-state index contributed by atoms with van der Waals surface area (Å²) in [5.41, 5.74) is 1.05. The normalized spacial score (nSPS) is 16.8. The molecule has 0 atom stereocenters. The fraction of sp³-hybridized carbons (Fsp3) is 0.500. The standard InChI is InChI=1S/C18H22ClN3O2/c1-13-21-22-17(24-13)11-16(23)20-12-18(9-5-2-6-10-18)14-7-3-4-8-15(14)19/h3-4,7-8H,2,5-6,9-12H2,1H3,(H,20,23). The number of hydrogen-bond acceptors (Lipinski definition) is 4. The van der Waals surface area contributed by atoms with E-state index in [2.05, 4.69) is 21.6 Å². The highest BCUT2D eigenvalue weighted by atomic mass is 35.5. The van der Waals surface area contributed by atoms with E-state index in [1.54, 1.807) is 6.92 Å². The predicted octanol–water partition coefficient (Wildman–Crippen LogP) is 3.59. The molecule has 2 aromatic rings. The molecule has 1 aromatic carbocycles. The summed E-state index contributed by atoms with van der Waals surface area (Å²) in [5.74, 6) is 0.716. The van der Waals surface area contributed by atoms with E-state index in [1.165, 1.54) is 6.42 Å². The van der Waals surface area contributed by atoms with E-state index >= 15 is 0 Å². The average Bonchev–Trinajstić information content (AvgIpc) is 2.99. The minimum atomic E-state index is -0.101. The van der Waals surface area contributed by atoms with Crippen molar-refractivity contribution in [2.45, 2.75) is 50.9 Å². The summed E-state index contributed by atoms with van der Waals surface area (Å²) >= 11 is 6.45. The molecule has 0 aliphatic heterocycles. The van der Waals surface area contributed by atoms with Crippen LogP contribution in [0.2, 0.25) is 5.02 Å². The first-order valence-electron chi connectivity index (χ1n) is 8.40. The van der Waals surface area contributed by atoms with Gasteiger partial charge in [0.2, 0.25) is 17.7 Å². The summed E-state index contributed by atoms with van der Waals surface area (Å²) in [5, 5.41) is 11.5. The van der Waals surface area contributed by atoms with Crippen molar-refractivity contribution in [3.63, 3.8) is 0 Å². The molecule has 1 heterocycles. The predicted molar refractivity (Wildman–Crippen MR) is 92.0 cm³/mol. The first-order chi connectivity index (χ1) is 11.6. The van der Waals surface area contributed by atoms with Crippen LogP contribution in [0.25, 0.3) is 0 Å². The summed E-state index contributed by atoms with van der Waals surface area (Å²) < 4.78 is 5.27. The molecule has 1 aliphatic carbocycles. The molecule has 1 saturated carbocycles. The van der Waals surface area contributed by atoms with Crippen LogP contribution in [-0.4, -0.2) is 22.6 Å². The van der Waals surface area contributed by atoms with Gasteiger partial charge in [-0.2, -0.15) is 0 Å². The van der Waals surface area contributed by atoms with Gasteiger partial charge in [0.15, 0.2) is 0 Å². The van der Waals surface area contributed by atoms with Crippen LogP contribution in [0.4, 0.5) is 0 Å². The monoisotopic (exact) mass is 347 g/mol. The third-order valence-corrected chi connectivity index (χ3v) is 5.09.